The van der Waals surface area contributed by atoms with E-state index in [-0.39, 0.29) is 11.8 Å². The Morgan fingerprint density at radius 3 is 1.70 bits per heavy atom. The molecule has 0 unspecified atom stereocenters. The van der Waals surface area contributed by atoms with Crippen molar-refractivity contribution in [2.45, 2.75) is 13.5 Å². The summed E-state index contributed by atoms with van der Waals surface area (Å²) in [6.07, 6.45) is 0. The van der Waals surface area contributed by atoms with Gasteiger partial charge in [-0.25, -0.2) is 11.7 Å². The number of aryl methyl sites for hydroxylation is 1. The molecule has 1 aromatic heterocycles. The van der Waals surface area contributed by atoms with Crippen LogP contribution in [0.1, 0.15) is 27.6 Å². The third kappa shape index (κ3) is 2.32. The Kier molecular flexibility index (Phi) is 3.73. The zero-order valence-electron chi connectivity index (χ0n) is 12.6. The highest BCUT2D eigenvalue weighted by Crippen LogP contribution is 2.30. The predicted octanol–water partition coefficient (Wildman–Crippen LogP) is 1.02. The van der Waals surface area contributed by atoms with Crippen LogP contribution in [0, 0.1) is 0 Å². The molecule has 0 saturated carbocycles. The van der Waals surface area contributed by atoms with Gasteiger partial charge in [0.1, 0.15) is 0 Å². The number of hydrogen-bond donors (Lipinski definition) is 4. The van der Waals surface area contributed by atoms with Gasteiger partial charge in [0, 0.05) is 39.5 Å². The zero-order chi connectivity index (χ0) is 16.6. The second-order valence-electron chi connectivity index (χ2n) is 5.16. The number of hydrogen-bond acceptors (Lipinski definition) is 4. The lowest BCUT2D eigenvalue weighted by molar-refractivity contribution is 0.0946. The lowest BCUT2D eigenvalue weighted by Crippen LogP contribution is -2.29. The highest BCUT2D eigenvalue weighted by atomic mass is 16.2. The molecular weight excluding hydrogens is 294 g/mol. The van der Waals surface area contributed by atoms with E-state index in [9.17, 15) is 9.59 Å². The maximum atomic E-state index is 11.8. The highest BCUT2D eigenvalue weighted by molar-refractivity contribution is 6.12. The number of nitrogens with two attached hydrogens (primary N) is 2. The van der Waals surface area contributed by atoms with Crippen LogP contribution in [0.5, 0.6) is 0 Å². The molecule has 0 atom stereocenters. The van der Waals surface area contributed by atoms with Crippen molar-refractivity contribution in [3.8, 4) is 0 Å². The van der Waals surface area contributed by atoms with Gasteiger partial charge in [-0.1, -0.05) is 0 Å². The molecule has 0 saturated heterocycles. The second kappa shape index (κ2) is 5.71. The second-order valence-corrected chi connectivity index (χ2v) is 5.16. The minimum Gasteiger partial charge on any atom is -0.341 e. The van der Waals surface area contributed by atoms with Gasteiger partial charge in [0.15, 0.2) is 0 Å². The molecule has 0 aliphatic rings. The van der Waals surface area contributed by atoms with Crippen molar-refractivity contribution in [1.29, 1.82) is 0 Å². The maximum Gasteiger partial charge on any atom is 0.265 e. The number of nitrogens with zero attached hydrogens (tertiary/aromatic N) is 1. The molecule has 6 N–H and O–H groups in total. The van der Waals surface area contributed by atoms with Crippen LogP contribution in [0.3, 0.4) is 0 Å². The van der Waals surface area contributed by atoms with Gasteiger partial charge in [-0.15, -0.1) is 0 Å². The topological polar surface area (TPSA) is 115 Å². The molecule has 1 heterocycles. The van der Waals surface area contributed by atoms with E-state index in [2.05, 4.69) is 15.4 Å². The fraction of sp³-hybridized carbons (Fsp3) is 0.125. The molecule has 0 spiro atoms. The van der Waals surface area contributed by atoms with Gasteiger partial charge >= 0.3 is 0 Å². The molecule has 7 nitrogen and oxygen atoms in total. The lowest BCUT2D eigenvalue weighted by Gasteiger charge is -2.04. The van der Waals surface area contributed by atoms with Gasteiger partial charge in [0.25, 0.3) is 11.8 Å². The Bertz CT molecular complexity index is 856. The van der Waals surface area contributed by atoms with E-state index >= 15 is 0 Å². The van der Waals surface area contributed by atoms with E-state index in [1.165, 1.54) is 0 Å². The summed E-state index contributed by atoms with van der Waals surface area (Å²) in [5, 5.41) is 1.77. The maximum absolute atomic E-state index is 11.8. The number of carbonyl (C=O) groups is 2. The number of nitrogens with one attached hydrogen (secondary N) is 2. The van der Waals surface area contributed by atoms with E-state index in [0.717, 1.165) is 28.4 Å². The molecule has 0 aliphatic heterocycles. The van der Waals surface area contributed by atoms with Crippen LogP contribution >= 0.6 is 0 Å². The summed E-state index contributed by atoms with van der Waals surface area (Å²) < 4.78 is 2.12. The fourth-order valence-corrected chi connectivity index (χ4v) is 2.89. The summed E-state index contributed by atoms with van der Waals surface area (Å²) in [6.45, 7) is 2.81. The summed E-state index contributed by atoms with van der Waals surface area (Å²) >= 11 is 0. The number of fused-ring (bicyclic) bond motifs is 3. The van der Waals surface area contributed by atoms with Gasteiger partial charge in [-0.3, -0.25) is 20.4 Å². The molecule has 3 rings (SSSR count). The van der Waals surface area contributed by atoms with Crippen molar-refractivity contribution in [3.05, 3.63) is 47.5 Å². The third-order valence-corrected chi connectivity index (χ3v) is 3.97. The van der Waals surface area contributed by atoms with Gasteiger partial charge in [-0.2, -0.15) is 0 Å². The van der Waals surface area contributed by atoms with Crippen LogP contribution < -0.4 is 22.5 Å². The van der Waals surface area contributed by atoms with Crippen LogP contribution in [0.25, 0.3) is 21.8 Å². The molecule has 0 fully saturated rings. The summed E-state index contributed by atoms with van der Waals surface area (Å²) in [7, 11) is 0. The van der Waals surface area contributed by atoms with Crippen LogP contribution in [-0.4, -0.2) is 16.4 Å². The van der Waals surface area contributed by atoms with Crippen LogP contribution in [0.4, 0.5) is 0 Å². The third-order valence-electron chi connectivity index (χ3n) is 3.97. The predicted molar refractivity (Wildman–Crippen MR) is 88.4 cm³/mol. The van der Waals surface area contributed by atoms with Gasteiger partial charge < -0.3 is 4.57 Å². The monoisotopic (exact) mass is 311 g/mol. The van der Waals surface area contributed by atoms with Crippen molar-refractivity contribution in [3.63, 3.8) is 0 Å². The van der Waals surface area contributed by atoms with Crippen molar-refractivity contribution in [2.24, 2.45) is 11.7 Å². The van der Waals surface area contributed by atoms with Crippen molar-refractivity contribution in [1.82, 2.24) is 15.4 Å². The Morgan fingerprint density at radius 2 is 1.35 bits per heavy atom. The van der Waals surface area contributed by atoms with E-state index in [4.69, 9.17) is 11.7 Å². The Hall–Kier alpha value is -2.90. The van der Waals surface area contributed by atoms with Crippen molar-refractivity contribution in [2.75, 3.05) is 0 Å². The molecule has 3 aromatic rings. The average molecular weight is 311 g/mol. The number of carbonyl (C=O) groups excluding carboxylic acids is 2. The van der Waals surface area contributed by atoms with Crippen LogP contribution in [-0.2, 0) is 6.54 Å². The first-order valence-corrected chi connectivity index (χ1v) is 7.18. The summed E-state index contributed by atoms with van der Waals surface area (Å²) in [4.78, 5) is 23.5. The molecule has 2 amide bonds. The first kappa shape index (κ1) is 15.0. The highest BCUT2D eigenvalue weighted by Gasteiger charge is 2.14. The van der Waals surface area contributed by atoms with E-state index in [1.807, 2.05) is 19.1 Å². The van der Waals surface area contributed by atoms with E-state index in [0.29, 0.717) is 11.1 Å². The Labute approximate surface area is 132 Å². The fourth-order valence-electron chi connectivity index (χ4n) is 2.89. The van der Waals surface area contributed by atoms with Crippen molar-refractivity contribution >= 4 is 33.6 Å². The molecule has 0 bridgehead atoms. The van der Waals surface area contributed by atoms with Gasteiger partial charge in [0.05, 0.1) is 0 Å². The first-order chi connectivity index (χ1) is 11.1. The molecule has 23 heavy (non-hydrogen) atoms. The van der Waals surface area contributed by atoms with Crippen LogP contribution in [0.15, 0.2) is 36.4 Å². The molecule has 118 valence electrons. The van der Waals surface area contributed by atoms with E-state index in [1.54, 1.807) is 24.3 Å². The Balaban J connectivity index is 2.35. The lowest BCUT2D eigenvalue weighted by atomic mass is 10.1. The minimum atomic E-state index is -0.361. The normalized spacial score (nSPS) is 10.9. The molecule has 0 radical (unpaired) electrons. The number of rotatable bonds is 3. The number of nitrogen functional groups attached to an aromatic ring is 2. The zero-order valence-corrected chi connectivity index (χ0v) is 12.6. The Morgan fingerprint density at radius 1 is 0.913 bits per heavy atom. The smallest absolute Gasteiger partial charge is 0.265 e. The summed E-state index contributed by atoms with van der Waals surface area (Å²) in [5.41, 5.74) is 7.15. The molecular formula is C16H17N5O2. The SMILES string of the molecule is CCn1c2ccc(C(=O)NN)cc2c2cc(C(=O)NN)ccc21. The van der Waals surface area contributed by atoms with E-state index < -0.39 is 0 Å². The van der Waals surface area contributed by atoms with Crippen LogP contribution in [0.2, 0.25) is 0 Å². The number of amides is 2. The molecule has 0 aliphatic carbocycles. The number of aromatic nitrogens is 1. The average Bonchev–Trinajstić information content (AvgIpc) is 2.92. The molecule has 7 heteroatoms. The number of benzene rings is 2. The molecule has 2 aromatic carbocycles. The van der Waals surface area contributed by atoms with Gasteiger partial charge in [-0.05, 0) is 43.3 Å². The minimum absolute atomic E-state index is 0.361. The number of hydrazine groups is 2. The quantitative estimate of drug-likeness (QED) is 0.328. The van der Waals surface area contributed by atoms with Crippen molar-refractivity contribution < 1.29 is 9.59 Å². The summed E-state index contributed by atoms with van der Waals surface area (Å²) in [6, 6.07) is 10.8. The first-order valence-electron chi connectivity index (χ1n) is 7.18. The largest absolute Gasteiger partial charge is 0.341 e. The standard InChI is InChI=1S/C16H17N5O2/c1-2-21-13-5-3-9(15(22)19-17)7-11(13)12-8-10(16(23)20-18)4-6-14(12)21/h3-8H,2,17-18H2,1H3,(H,19,22)(H,20,23). The van der Waals surface area contributed by atoms with Gasteiger partial charge in [0.2, 0.25) is 0 Å². The summed E-state index contributed by atoms with van der Waals surface area (Å²) in [5.74, 6) is 9.68.